The van der Waals surface area contributed by atoms with E-state index in [4.69, 9.17) is 18.9 Å². The maximum absolute atomic E-state index is 14.0. The van der Waals surface area contributed by atoms with Crippen molar-refractivity contribution in [1.82, 2.24) is 20.9 Å². The molecule has 13 N–H and O–H groups in total. The Hall–Kier alpha value is -4.01. The number of aliphatic hydroxyl groups is 10. The molecule has 2 bridgehead atoms. The zero-order chi connectivity index (χ0) is 56.5. The lowest BCUT2D eigenvalue weighted by Crippen LogP contribution is -2.64. The van der Waals surface area contributed by atoms with Crippen molar-refractivity contribution in [2.24, 2.45) is 17.8 Å². The van der Waals surface area contributed by atoms with Crippen LogP contribution in [0.5, 0.6) is 0 Å². The molecular weight excluding hydrogens is 989 g/mol. The molecule has 0 aromatic rings. The van der Waals surface area contributed by atoms with Gasteiger partial charge in [-0.25, -0.2) is 0 Å². The van der Waals surface area contributed by atoms with Gasteiger partial charge in [0.15, 0.2) is 12.1 Å². The third kappa shape index (κ3) is 23.5. The van der Waals surface area contributed by atoms with Crippen LogP contribution >= 0.6 is 0 Å². The van der Waals surface area contributed by atoms with E-state index in [1.807, 2.05) is 56.3 Å². The van der Waals surface area contributed by atoms with Crippen LogP contribution < -0.4 is 16.0 Å². The predicted octanol–water partition coefficient (Wildman–Crippen LogP) is 0.0719. The standard InChI is InChI=1S/C55H90N4O17/c1-34-21-18-16-14-12-10-8-9-11-13-15-17-19-22-41(75-54-52(70)49(51(69)37(4)74-54)58-46(66)33-56-5)30-45-48(53(71)57-25-20-26-59(6)7)44(65)32-55(72,76-45)31-40(62)28-43(64)42(63)24-23-38(60)27-39(61)29-47(67)73-36(3)35(2)50(34)68/h8-19,21-22,34-45,48-52,54,56,60-65,68-70,72H,20,23-33H2,1-7H3,(H,57,71)(H,58,66)/b9-8+,12-10+,13-11+,16-14+,17-15+,21-18+,22-19+/t34-,35-,36-,37+,38+,39+,40-,41-,42+,43+,44-,45-,48+,49-,50+,51+,52-,54-,55+/m0/s1. The molecule has 0 unspecified atom stereocenters. The second-order valence-corrected chi connectivity index (χ2v) is 20.7. The monoisotopic (exact) mass is 1080 g/mol. The molecule has 2 fully saturated rings. The number of amides is 2. The van der Waals surface area contributed by atoms with E-state index in [0.717, 1.165) is 0 Å². The number of fused-ring (bicyclic) bond motifs is 2. The first-order valence-electron chi connectivity index (χ1n) is 26.5. The number of cyclic esters (lactones) is 1. The summed E-state index contributed by atoms with van der Waals surface area (Å²) in [5, 5.41) is 120. The van der Waals surface area contributed by atoms with E-state index in [0.29, 0.717) is 13.0 Å². The highest BCUT2D eigenvalue weighted by molar-refractivity contribution is 5.80. The Morgan fingerprint density at radius 3 is 1.92 bits per heavy atom. The molecule has 0 radical (unpaired) electrons. The smallest absolute Gasteiger partial charge is 0.308 e. The van der Waals surface area contributed by atoms with Gasteiger partial charge in [-0.3, -0.25) is 14.4 Å². The maximum Gasteiger partial charge on any atom is 0.308 e. The molecule has 19 atom stereocenters. The summed E-state index contributed by atoms with van der Waals surface area (Å²) in [6.45, 7) is 7.56. The molecule has 3 aliphatic rings. The van der Waals surface area contributed by atoms with Crippen LogP contribution in [0.4, 0.5) is 0 Å². The van der Waals surface area contributed by atoms with Crippen molar-refractivity contribution >= 4 is 17.8 Å². The van der Waals surface area contributed by atoms with Gasteiger partial charge in [0.25, 0.3) is 0 Å². The van der Waals surface area contributed by atoms with Crippen LogP contribution in [0.3, 0.4) is 0 Å². The highest BCUT2D eigenvalue weighted by atomic mass is 16.7. The first kappa shape index (κ1) is 66.3. The lowest BCUT2D eigenvalue weighted by molar-refractivity contribution is -0.307. The van der Waals surface area contributed by atoms with Crippen LogP contribution in [0.1, 0.15) is 85.5 Å². The first-order chi connectivity index (χ1) is 35.9. The lowest BCUT2D eigenvalue weighted by Gasteiger charge is -2.46. The molecule has 3 heterocycles. The summed E-state index contributed by atoms with van der Waals surface area (Å²) in [5.41, 5.74) is 0. The number of ether oxygens (including phenoxy) is 4. The maximum atomic E-state index is 14.0. The predicted molar refractivity (Wildman–Crippen MR) is 283 cm³/mol. The highest BCUT2D eigenvalue weighted by Gasteiger charge is 2.51. The summed E-state index contributed by atoms with van der Waals surface area (Å²) in [4.78, 5) is 41.2. The van der Waals surface area contributed by atoms with Gasteiger partial charge in [-0.15, -0.1) is 0 Å². The molecule has 21 nitrogen and oxygen atoms in total. The van der Waals surface area contributed by atoms with Gasteiger partial charge in [-0.1, -0.05) is 98.9 Å². The summed E-state index contributed by atoms with van der Waals surface area (Å²) >= 11 is 0. The quantitative estimate of drug-likeness (QED) is 0.102. The van der Waals surface area contributed by atoms with Crippen molar-refractivity contribution in [3.63, 3.8) is 0 Å². The molecular formula is C55H90N4O17. The SMILES string of the molecule is CNCC(=O)N[C@@H]1[C@H](O)[C@H](O[C@H]2/C=C/C=C/C=C/C=C/C=C/C=C/C=C/[C@H](C)[C@@H](O)[C@@H](C)[C@H](C)OC(=O)C[C@H](O)C[C@H](O)CC[C@@H](O)[C@H](O)C[C@H](O)C[C@]3(O)C[C@H](O)[C@@H](C(=O)NCCCN(C)C)[C@H](C2)O3)O[C@H](C)[C@H]1O. The minimum Gasteiger partial charge on any atom is -0.462 e. The number of likely N-dealkylation sites (N-methyl/N-ethyl adjacent to an activating group) is 1. The van der Waals surface area contributed by atoms with Gasteiger partial charge in [0, 0.05) is 44.1 Å². The van der Waals surface area contributed by atoms with E-state index < -0.39 is 153 Å². The molecule has 0 saturated carbocycles. The van der Waals surface area contributed by atoms with Gasteiger partial charge in [-0.05, 0) is 67.2 Å². The van der Waals surface area contributed by atoms with E-state index in [1.54, 1.807) is 75.6 Å². The molecule has 432 valence electrons. The third-order valence-corrected chi connectivity index (χ3v) is 13.7. The van der Waals surface area contributed by atoms with Crippen molar-refractivity contribution < 1.29 is 84.4 Å². The van der Waals surface area contributed by atoms with E-state index in [-0.39, 0.29) is 44.7 Å². The molecule has 3 aliphatic heterocycles. The van der Waals surface area contributed by atoms with Gasteiger partial charge in [-0.2, -0.15) is 0 Å². The summed E-state index contributed by atoms with van der Waals surface area (Å²) in [6, 6.07) is -1.22. The molecule has 0 spiro atoms. The van der Waals surface area contributed by atoms with Crippen LogP contribution in [-0.2, 0) is 33.3 Å². The van der Waals surface area contributed by atoms with Crippen molar-refractivity contribution in [3.05, 3.63) is 85.1 Å². The first-order valence-corrected chi connectivity index (χ1v) is 26.5. The normalized spacial score (nSPS) is 40.6. The summed E-state index contributed by atoms with van der Waals surface area (Å²) in [7, 11) is 5.32. The molecule has 21 heteroatoms. The van der Waals surface area contributed by atoms with E-state index in [2.05, 4.69) is 16.0 Å². The Kier molecular flexibility index (Phi) is 29.7. The van der Waals surface area contributed by atoms with Gasteiger partial charge in [0.2, 0.25) is 11.8 Å². The van der Waals surface area contributed by atoms with E-state index in [9.17, 15) is 65.4 Å². The minimum atomic E-state index is -2.30. The second-order valence-electron chi connectivity index (χ2n) is 20.7. The summed E-state index contributed by atoms with van der Waals surface area (Å²) < 4.78 is 24.1. The summed E-state index contributed by atoms with van der Waals surface area (Å²) in [5.74, 6) is -6.18. The number of allylic oxidation sites excluding steroid dienone is 12. The number of nitrogens with one attached hydrogen (secondary N) is 3. The van der Waals surface area contributed by atoms with Crippen LogP contribution in [0.25, 0.3) is 0 Å². The number of carbonyl (C=O) groups is 3. The number of aliphatic hydroxyl groups excluding tert-OH is 9. The van der Waals surface area contributed by atoms with Gasteiger partial charge < -0.3 is 90.9 Å². The molecule has 0 aromatic heterocycles. The van der Waals surface area contributed by atoms with Gasteiger partial charge in [0.05, 0.1) is 86.0 Å². The highest BCUT2D eigenvalue weighted by Crippen LogP contribution is 2.38. The zero-order valence-electron chi connectivity index (χ0n) is 45.2. The Bertz CT molecular complexity index is 1950. The number of carbonyl (C=O) groups excluding carboxylic acids is 3. The fraction of sp³-hybridized carbons (Fsp3) is 0.691. The minimum absolute atomic E-state index is 0.105. The Morgan fingerprint density at radius 2 is 1.32 bits per heavy atom. The third-order valence-electron chi connectivity index (χ3n) is 13.7. The number of esters is 1. The molecule has 2 amide bonds. The lowest BCUT2D eigenvalue weighted by atomic mass is 9.82. The summed E-state index contributed by atoms with van der Waals surface area (Å²) in [6.07, 6.45) is 4.40. The van der Waals surface area contributed by atoms with Crippen LogP contribution in [0, 0.1) is 17.8 Å². The van der Waals surface area contributed by atoms with Crippen LogP contribution in [0.2, 0.25) is 0 Å². The topological polar surface area (TPSA) is 330 Å². The number of rotatable bonds is 10. The van der Waals surface area contributed by atoms with Crippen molar-refractivity contribution in [2.75, 3.05) is 40.8 Å². The second kappa shape index (κ2) is 34.1. The van der Waals surface area contributed by atoms with Gasteiger partial charge in [0.1, 0.15) is 18.3 Å². The molecule has 3 rings (SSSR count). The van der Waals surface area contributed by atoms with Crippen molar-refractivity contribution in [1.29, 1.82) is 0 Å². The average molecular weight is 1080 g/mol. The van der Waals surface area contributed by atoms with Crippen molar-refractivity contribution in [3.8, 4) is 0 Å². The van der Waals surface area contributed by atoms with Crippen LogP contribution in [0.15, 0.2) is 85.1 Å². The van der Waals surface area contributed by atoms with E-state index in [1.165, 1.54) is 6.92 Å². The van der Waals surface area contributed by atoms with Crippen molar-refractivity contribution in [2.45, 2.75) is 183 Å². The number of nitrogens with zero attached hydrogens (tertiary/aromatic N) is 1. The van der Waals surface area contributed by atoms with Crippen LogP contribution in [-0.4, -0.2) is 212 Å². The number of hydrogen-bond donors (Lipinski definition) is 13. The molecule has 0 aromatic carbocycles. The fourth-order valence-electron chi connectivity index (χ4n) is 9.25. The Labute approximate surface area is 448 Å². The molecule has 2 saturated heterocycles. The average Bonchev–Trinajstić information content (AvgIpc) is 3.33. The van der Waals surface area contributed by atoms with Gasteiger partial charge >= 0.3 is 5.97 Å². The van der Waals surface area contributed by atoms with E-state index >= 15 is 0 Å². The fourth-order valence-corrected chi connectivity index (χ4v) is 9.25. The molecule has 76 heavy (non-hydrogen) atoms. The largest absolute Gasteiger partial charge is 0.462 e. The zero-order valence-corrected chi connectivity index (χ0v) is 45.2. The molecule has 0 aliphatic carbocycles. The Morgan fingerprint density at radius 1 is 0.711 bits per heavy atom. The Balaban J connectivity index is 1.99. The number of hydrogen-bond acceptors (Lipinski definition) is 19.